The summed E-state index contributed by atoms with van der Waals surface area (Å²) in [6, 6.07) is 13.2. The number of hydrogen-bond acceptors (Lipinski definition) is 6. The molecule has 1 aliphatic heterocycles. The van der Waals surface area contributed by atoms with Gasteiger partial charge in [0, 0.05) is 31.2 Å². The van der Waals surface area contributed by atoms with Crippen molar-refractivity contribution in [2.75, 3.05) is 25.5 Å². The Labute approximate surface area is 185 Å². The fourth-order valence-corrected chi connectivity index (χ4v) is 3.74. The van der Waals surface area contributed by atoms with Crippen molar-refractivity contribution in [3.63, 3.8) is 0 Å². The van der Waals surface area contributed by atoms with Gasteiger partial charge in [0.1, 0.15) is 17.3 Å². The predicted octanol–water partition coefficient (Wildman–Crippen LogP) is 3.22. The van der Waals surface area contributed by atoms with Crippen molar-refractivity contribution in [3.8, 4) is 11.3 Å². The molecule has 7 nitrogen and oxygen atoms in total. The molecule has 166 valence electrons. The first kappa shape index (κ1) is 21.9. The third kappa shape index (κ3) is 4.92. The molecule has 0 spiro atoms. The van der Waals surface area contributed by atoms with Crippen molar-refractivity contribution >= 4 is 11.7 Å². The van der Waals surface area contributed by atoms with E-state index in [2.05, 4.69) is 15.3 Å². The van der Waals surface area contributed by atoms with Gasteiger partial charge in [0.25, 0.3) is 5.91 Å². The highest BCUT2D eigenvalue weighted by Crippen LogP contribution is 2.30. The van der Waals surface area contributed by atoms with Gasteiger partial charge in [-0.1, -0.05) is 36.4 Å². The Bertz CT molecular complexity index is 1090. The van der Waals surface area contributed by atoms with Gasteiger partial charge in [0.05, 0.1) is 23.6 Å². The number of benzene rings is 2. The molecule has 1 aliphatic rings. The van der Waals surface area contributed by atoms with Gasteiger partial charge in [-0.05, 0) is 30.5 Å². The summed E-state index contributed by atoms with van der Waals surface area (Å²) >= 11 is 0. The summed E-state index contributed by atoms with van der Waals surface area (Å²) in [4.78, 5) is 21.3. The van der Waals surface area contributed by atoms with E-state index in [1.807, 2.05) is 6.07 Å². The lowest BCUT2D eigenvalue weighted by Crippen LogP contribution is -2.29. The van der Waals surface area contributed by atoms with Crippen LogP contribution in [0.5, 0.6) is 0 Å². The lowest BCUT2D eigenvalue weighted by atomic mass is 9.96. The largest absolute Gasteiger partial charge is 0.387 e. The van der Waals surface area contributed by atoms with Gasteiger partial charge in [-0.15, -0.1) is 0 Å². The second-order valence-corrected chi connectivity index (χ2v) is 7.75. The first-order chi connectivity index (χ1) is 15.5. The summed E-state index contributed by atoms with van der Waals surface area (Å²) < 4.78 is 20.2. The number of aliphatic hydroxyl groups is 1. The molecule has 1 amide bonds. The average Bonchev–Trinajstić information content (AvgIpc) is 2.83. The van der Waals surface area contributed by atoms with Gasteiger partial charge < -0.3 is 20.9 Å². The predicted molar refractivity (Wildman–Crippen MR) is 118 cm³/mol. The molecule has 2 heterocycles. The van der Waals surface area contributed by atoms with Crippen molar-refractivity contribution in [2.24, 2.45) is 0 Å². The molecular weight excluding hydrogens is 411 g/mol. The number of nitrogens with zero attached hydrogens (tertiary/aromatic N) is 2. The van der Waals surface area contributed by atoms with E-state index in [0.29, 0.717) is 30.0 Å². The summed E-state index contributed by atoms with van der Waals surface area (Å²) in [5, 5.41) is 12.8. The quantitative estimate of drug-likeness (QED) is 0.547. The number of carbonyl (C=O) groups excluding carboxylic acids is 1. The second kappa shape index (κ2) is 9.84. The summed E-state index contributed by atoms with van der Waals surface area (Å²) in [5.41, 5.74) is 8.19. The number of ether oxygens (including phenoxy) is 1. The van der Waals surface area contributed by atoms with E-state index in [1.165, 1.54) is 12.1 Å². The summed E-state index contributed by atoms with van der Waals surface area (Å²) in [7, 11) is 0. The lowest BCUT2D eigenvalue weighted by Gasteiger charge is -2.22. The molecule has 0 radical (unpaired) electrons. The Morgan fingerprint density at radius 3 is 2.69 bits per heavy atom. The number of aromatic nitrogens is 2. The van der Waals surface area contributed by atoms with E-state index in [0.717, 1.165) is 18.5 Å². The monoisotopic (exact) mass is 436 g/mol. The molecule has 1 aromatic heterocycles. The van der Waals surface area contributed by atoms with Crippen molar-refractivity contribution < 1.29 is 19.0 Å². The van der Waals surface area contributed by atoms with Crippen molar-refractivity contribution in [1.82, 2.24) is 15.3 Å². The molecular formula is C24H25FN4O3. The SMILES string of the molecule is Nc1ncc(C2CCOCC2)nc1-c1ccc(C(=O)NC[C@@H](O)c2ccccc2)c(F)c1. The average molecular weight is 436 g/mol. The molecule has 3 aromatic rings. The van der Waals surface area contributed by atoms with Crippen LogP contribution in [0.3, 0.4) is 0 Å². The molecule has 4 rings (SSSR count). The number of anilines is 1. The second-order valence-electron chi connectivity index (χ2n) is 7.75. The molecule has 1 atom stereocenters. The maximum absolute atomic E-state index is 14.8. The Morgan fingerprint density at radius 1 is 1.22 bits per heavy atom. The van der Waals surface area contributed by atoms with Gasteiger partial charge in [-0.3, -0.25) is 4.79 Å². The summed E-state index contributed by atoms with van der Waals surface area (Å²) in [6.45, 7) is 1.31. The highest BCUT2D eigenvalue weighted by molar-refractivity contribution is 5.95. The van der Waals surface area contributed by atoms with Crippen LogP contribution in [0.2, 0.25) is 0 Å². The van der Waals surface area contributed by atoms with Gasteiger partial charge in [-0.2, -0.15) is 0 Å². The number of nitrogens with one attached hydrogen (secondary N) is 1. The van der Waals surface area contributed by atoms with Crippen LogP contribution in [0.15, 0.2) is 54.7 Å². The molecule has 4 N–H and O–H groups in total. The third-order valence-electron chi connectivity index (χ3n) is 5.59. The van der Waals surface area contributed by atoms with Crippen LogP contribution in [0.25, 0.3) is 11.3 Å². The van der Waals surface area contributed by atoms with Gasteiger partial charge in [0.15, 0.2) is 0 Å². The summed E-state index contributed by atoms with van der Waals surface area (Å²) in [6.07, 6.45) is 2.47. The molecule has 1 fully saturated rings. The Balaban J connectivity index is 1.49. The standard InChI is InChI=1S/C24H25FN4O3/c25-19-12-17(22-23(26)27-13-20(29-22)15-8-10-32-11-9-15)6-7-18(19)24(31)28-14-21(30)16-4-2-1-3-5-16/h1-7,12-13,15,21,30H,8-11,14H2,(H2,26,27)(H,28,31)/t21-/m1/s1. The van der Waals surface area contributed by atoms with E-state index >= 15 is 0 Å². The Kier molecular flexibility index (Phi) is 6.72. The van der Waals surface area contributed by atoms with Crippen LogP contribution in [-0.4, -0.2) is 40.7 Å². The molecule has 8 heteroatoms. The fourth-order valence-electron chi connectivity index (χ4n) is 3.74. The van der Waals surface area contributed by atoms with E-state index in [4.69, 9.17) is 10.5 Å². The van der Waals surface area contributed by atoms with Gasteiger partial charge >= 0.3 is 0 Å². The smallest absolute Gasteiger partial charge is 0.254 e. The maximum atomic E-state index is 14.8. The number of nitrogens with two attached hydrogens (primary N) is 1. The first-order valence-corrected chi connectivity index (χ1v) is 10.5. The molecule has 0 bridgehead atoms. The zero-order valence-corrected chi connectivity index (χ0v) is 17.5. The molecule has 2 aromatic carbocycles. The topological polar surface area (TPSA) is 110 Å². The van der Waals surface area contributed by atoms with Crippen molar-refractivity contribution in [1.29, 1.82) is 0 Å². The maximum Gasteiger partial charge on any atom is 0.254 e. The van der Waals surface area contributed by atoms with Crippen LogP contribution >= 0.6 is 0 Å². The van der Waals surface area contributed by atoms with Gasteiger partial charge in [-0.25, -0.2) is 14.4 Å². The number of amides is 1. The number of halogens is 1. The first-order valence-electron chi connectivity index (χ1n) is 10.5. The molecule has 1 saturated heterocycles. The Hall–Kier alpha value is -3.36. The number of rotatable bonds is 6. The third-order valence-corrected chi connectivity index (χ3v) is 5.59. The molecule has 32 heavy (non-hydrogen) atoms. The van der Waals surface area contributed by atoms with E-state index < -0.39 is 17.8 Å². The van der Waals surface area contributed by atoms with Gasteiger partial charge in [0.2, 0.25) is 0 Å². The Morgan fingerprint density at radius 2 is 1.97 bits per heavy atom. The van der Waals surface area contributed by atoms with Crippen LogP contribution < -0.4 is 11.1 Å². The zero-order chi connectivity index (χ0) is 22.5. The highest BCUT2D eigenvalue weighted by Gasteiger charge is 2.20. The van der Waals surface area contributed by atoms with Crippen LogP contribution in [0.4, 0.5) is 10.2 Å². The minimum Gasteiger partial charge on any atom is -0.387 e. The zero-order valence-electron chi connectivity index (χ0n) is 17.5. The van der Waals surface area contributed by atoms with Crippen molar-refractivity contribution in [3.05, 3.63) is 77.4 Å². The van der Waals surface area contributed by atoms with E-state index in [1.54, 1.807) is 36.5 Å². The number of carbonyl (C=O) groups is 1. The van der Waals surface area contributed by atoms with Crippen LogP contribution in [0.1, 0.15) is 46.5 Å². The van der Waals surface area contributed by atoms with Crippen LogP contribution in [0, 0.1) is 5.82 Å². The molecule has 0 unspecified atom stereocenters. The number of aliphatic hydroxyl groups excluding tert-OH is 1. The number of hydrogen-bond donors (Lipinski definition) is 3. The summed E-state index contributed by atoms with van der Waals surface area (Å²) in [5.74, 6) is -0.893. The highest BCUT2D eigenvalue weighted by atomic mass is 19.1. The van der Waals surface area contributed by atoms with E-state index in [9.17, 15) is 14.3 Å². The minimum atomic E-state index is -0.884. The normalized spacial score (nSPS) is 15.3. The lowest BCUT2D eigenvalue weighted by molar-refractivity contribution is 0.0844. The fraction of sp³-hybridized carbons (Fsp3) is 0.292. The van der Waals surface area contributed by atoms with Crippen molar-refractivity contribution in [2.45, 2.75) is 24.9 Å². The van der Waals surface area contributed by atoms with Crippen LogP contribution in [-0.2, 0) is 4.74 Å². The number of nitrogen functional groups attached to an aromatic ring is 1. The van der Waals surface area contributed by atoms with E-state index in [-0.39, 0.29) is 23.8 Å². The minimum absolute atomic E-state index is 0.0321. The molecule has 0 aliphatic carbocycles. The molecule has 0 saturated carbocycles.